The van der Waals surface area contributed by atoms with Gasteiger partial charge in [-0.25, -0.2) is 0 Å². The van der Waals surface area contributed by atoms with Crippen LogP contribution in [-0.2, 0) is 12.8 Å². The smallest absolute Gasteiger partial charge is 0.122 e. The minimum absolute atomic E-state index is 0.222. The van der Waals surface area contributed by atoms with Crippen molar-refractivity contribution >= 4 is 0 Å². The van der Waals surface area contributed by atoms with E-state index in [9.17, 15) is 15.3 Å². The van der Waals surface area contributed by atoms with Gasteiger partial charge in [0.25, 0.3) is 0 Å². The van der Waals surface area contributed by atoms with Crippen molar-refractivity contribution in [1.29, 1.82) is 0 Å². The molecule has 0 aliphatic carbocycles. The molecule has 0 heterocycles. The number of hydrogen-bond acceptors (Lipinski definition) is 3. The first-order chi connectivity index (χ1) is 12.7. The van der Waals surface area contributed by atoms with Gasteiger partial charge in [-0.1, -0.05) is 53.1 Å². The van der Waals surface area contributed by atoms with Gasteiger partial charge in [0.15, 0.2) is 0 Å². The van der Waals surface area contributed by atoms with Crippen LogP contribution in [0.3, 0.4) is 0 Å². The quantitative estimate of drug-likeness (QED) is 0.596. The molecule has 0 fully saturated rings. The molecular formula is C24H26O3. The van der Waals surface area contributed by atoms with Gasteiger partial charge in [-0.2, -0.15) is 0 Å². The van der Waals surface area contributed by atoms with E-state index < -0.39 is 0 Å². The van der Waals surface area contributed by atoms with Crippen molar-refractivity contribution in [1.82, 2.24) is 0 Å². The van der Waals surface area contributed by atoms with Gasteiger partial charge in [-0.15, -0.1) is 0 Å². The number of phenolic OH excluding ortho intramolecular Hbond substituents is 3. The number of aromatic hydroxyl groups is 3. The lowest BCUT2D eigenvalue weighted by Gasteiger charge is -2.15. The molecule has 3 nitrogen and oxygen atoms in total. The van der Waals surface area contributed by atoms with Crippen molar-refractivity contribution in [3.05, 3.63) is 87.0 Å². The molecule has 0 unspecified atom stereocenters. The van der Waals surface area contributed by atoms with Crippen molar-refractivity contribution < 1.29 is 15.3 Å². The lowest BCUT2D eigenvalue weighted by atomic mass is 9.93. The molecule has 3 aromatic carbocycles. The summed E-state index contributed by atoms with van der Waals surface area (Å²) < 4.78 is 0. The molecule has 3 rings (SSSR count). The first-order valence-corrected chi connectivity index (χ1v) is 9.13. The van der Waals surface area contributed by atoms with Gasteiger partial charge in [0.1, 0.15) is 17.2 Å². The third-order valence-electron chi connectivity index (χ3n) is 4.93. The van der Waals surface area contributed by atoms with Crippen LogP contribution in [0, 0.1) is 27.7 Å². The van der Waals surface area contributed by atoms with E-state index in [0.29, 0.717) is 12.8 Å². The van der Waals surface area contributed by atoms with Crippen LogP contribution < -0.4 is 0 Å². The number of hydrogen-bond donors (Lipinski definition) is 3. The summed E-state index contributed by atoms with van der Waals surface area (Å²) in [6, 6.07) is 13.3. The van der Waals surface area contributed by atoms with Crippen LogP contribution in [0.15, 0.2) is 42.5 Å². The minimum atomic E-state index is 0.222. The second-order valence-electron chi connectivity index (χ2n) is 7.51. The van der Waals surface area contributed by atoms with Gasteiger partial charge in [0.05, 0.1) is 0 Å². The fourth-order valence-electron chi connectivity index (χ4n) is 3.65. The summed E-state index contributed by atoms with van der Waals surface area (Å²) in [5.74, 6) is 0.731. The highest BCUT2D eigenvalue weighted by Crippen LogP contribution is 2.33. The van der Waals surface area contributed by atoms with Gasteiger partial charge in [0.2, 0.25) is 0 Å². The predicted octanol–water partition coefficient (Wildman–Crippen LogP) is 5.22. The predicted molar refractivity (Wildman–Crippen MR) is 109 cm³/mol. The normalized spacial score (nSPS) is 11.0. The third kappa shape index (κ3) is 4.08. The SMILES string of the molecule is Cc1ccc(O)c(Cc2cc(C)cc(Cc3cc(C)cc(C)c3O)c2O)c1. The third-order valence-corrected chi connectivity index (χ3v) is 4.93. The van der Waals surface area contributed by atoms with Gasteiger partial charge >= 0.3 is 0 Å². The van der Waals surface area contributed by atoms with Crippen LogP contribution in [-0.4, -0.2) is 15.3 Å². The molecule has 0 atom stereocenters. The molecular weight excluding hydrogens is 336 g/mol. The highest BCUT2D eigenvalue weighted by molar-refractivity contribution is 5.52. The molecule has 0 amide bonds. The van der Waals surface area contributed by atoms with Crippen molar-refractivity contribution in [3.8, 4) is 17.2 Å². The second kappa shape index (κ2) is 7.36. The summed E-state index contributed by atoms with van der Waals surface area (Å²) >= 11 is 0. The number of rotatable bonds is 4. The van der Waals surface area contributed by atoms with Crippen molar-refractivity contribution in [3.63, 3.8) is 0 Å². The molecule has 0 saturated heterocycles. The molecule has 140 valence electrons. The summed E-state index contributed by atoms with van der Waals surface area (Å²) in [6.07, 6.45) is 0.904. The van der Waals surface area contributed by atoms with E-state index in [1.165, 1.54) is 0 Å². The van der Waals surface area contributed by atoms with Gasteiger partial charge < -0.3 is 15.3 Å². The maximum atomic E-state index is 10.9. The summed E-state index contributed by atoms with van der Waals surface area (Å²) in [6.45, 7) is 7.85. The van der Waals surface area contributed by atoms with E-state index in [1.807, 2.05) is 64.1 Å². The fraction of sp³-hybridized carbons (Fsp3) is 0.250. The number of phenols is 3. The summed E-state index contributed by atoms with van der Waals surface area (Å²) in [5, 5.41) is 31.4. The Labute approximate surface area is 160 Å². The Morgan fingerprint density at radius 3 is 1.67 bits per heavy atom. The average Bonchev–Trinajstić information content (AvgIpc) is 2.59. The molecule has 0 spiro atoms. The van der Waals surface area contributed by atoms with E-state index in [-0.39, 0.29) is 17.2 Å². The van der Waals surface area contributed by atoms with E-state index in [0.717, 1.165) is 44.5 Å². The monoisotopic (exact) mass is 362 g/mol. The Morgan fingerprint density at radius 1 is 0.556 bits per heavy atom. The largest absolute Gasteiger partial charge is 0.508 e. The zero-order valence-electron chi connectivity index (χ0n) is 16.3. The van der Waals surface area contributed by atoms with E-state index in [1.54, 1.807) is 6.07 Å². The summed E-state index contributed by atoms with van der Waals surface area (Å²) in [4.78, 5) is 0. The van der Waals surface area contributed by atoms with Gasteiger partial charge in [-0.05, 0) is 61.6 Å². The zero-order chi connectivity index (χ0) is 19.7. The molecule has 0 radical (unpaired) electrons. The lowest BCUT2D eigenvalue weighted by Crippen LogP contribution is -1.98. The molecule has 3 heteroatoms. The number of aryl methyl sites for hydroxylation is 4. The summed E-state index contributed by atoms with van der Waals surface area (Å²) in [5.41, 5.74) is 7.16. The summed E-state index contributed by atoms with van der Waals surface area (Å²) in [7, 11) is 0. The Hall–Kier alpha value is -2.94. The molecule has 27 heavy (non-hydrogen) atoms. The van der Waals surface area contributed by atoms with Crippen LogP contribution in [0.1, 0.15) is 44.5 Å². The number of benzene rings is 3. The first-order valence-electron chi connectivity index (χ1n) is 9.13. The molecule has 3 N–H and O–H groups in total. The highest BCUT2D eigenvalue weighted by atomic mass is 16.3. The molecule has 0 aromatic heterocycles. The highest BCUT2D eigenvalue weighted by Gasteiger charge is 2.14. The molecule has 3 aromatic rings. The van der Waals surface area contributed by atoms with Crippen LogP contribution in [0.4, 0.5) is 0 Å². The Bertz CT molecular complexity index is 1000. The lowest BCUT2D eigenvalue weighted by molar-refractivity contribution is 0.455. The van der Waals surface area contributed by atoms with Gasteiger partial charge in [0, 0.05) is 12.8 Å². The fourth-order valence-corrected chi connectivity index (χ4v) is 3.65. The first kappa shape index (κ1) is 18.8. The maximum absolute atomic E-state index is 10.9. The topological polar surface area (TPSA) is 60.7 Å². The standard InChI is InChI=1S/C24H26O3/c1-14-5-6-22(25)18(8-14)12-20-10-16(3)11-21(24(20)27)13-19-9-15(2)7-17(4)23(19)26/h5-11,25-27H,12-13H2,1-4H3. The second-order valence-corrected chi connectivity index (χ2v) is 7.51. The maximum Gasteiger partial charge on any atom is 0.122 e. The van der Waals surface area contributed by atoms with Crippen molar-refractivity contribution in [2.75, 3.05) is 0 Å². The van der Waals surface area contributed by atoms with Crippen molar-refractivity contribution in [2.45, 2.75) is 40.5 Å². The average molecular weight is 362 g/mol. The van der Waals surface area contributed by atoms with Crippen LogP contribution in [0.25, 0.3) is 0 Å². The van der Waals surface area contributed by atoms with E-state index in [4.69, 9.17) is 0 Å². The molecule has 0 aliphatic rings. The van der Waals surface area contributed by atoms with Gasteiger partial charge in [-0.3, -0.25) is 0 Å². The zero-order valence-corrected chi connectivity index (χ0v) is 16.3. The van der Waals surface area contributed by atoms with Crippen LogP contribution in [0.5, 0.6) is 17.2 Å². The van der Waals surface area contributed by atoms with Crippen LogP contribution >= 0.6 is 0 Å². The molecule has 0 aliphatic heterocycles. The Morgan fingerprint density at radius 2 is 1.04 bits per heavy atom. The van der Waals surface area contributed by atoms with Crippen molar-refractivity contribution in [2.24, 2.45) is 0 Å². The molecule has 0 bridgehead atoms. The van der Waals surface area contributed by atoms with E-state index in [2.05, 4.69) is 0 Å². The molecule has 0 saturated carbocycles. The Kier molecular flexibility index (Phi) is 5.13. The van der Waals surface area contributed by atoms with E-state index >= 15 is 0 Å². The Balaban J connectivity index is 2.00. The minimum Gasteiger partial charge on any atom is -0.508 e. The van der Waals surface area contributed by atoms with Crippen LogP contribution in [0.2, 0.25) is 0 Å².